The first kappa shape index (κ1) is 11.8. The summed E-state index contributed by atoms with van der Waals surface area (Å²) in [5.41, 5.74) is 6.63. The van der Waals surface area contributed by atoms with Crippen LogP contribution in [0.4, 0.5) is 0 Å². The highest BCUT2D eigenvalue weighted by Crippen LogP contribution is 2.38. The second kappa shape index (κ2) is 4.51. The van der Waals surface area contributed by atoms with Crippen molar-refractivity contribution >= 4 is 27.5 Å². The molecule has 1 aromatic carbocycles. The second-order valence-electron chi connectivity index (χ2n) is 3.56. The standard InChI is InChI=1S/C10H13BrClNO/c1-5(2)9(13)8-6(11)3-4-7(12)10(8)14/h3-5,9,14H,13H2,1-2H3/t9-/m1/s1. The minimum atomic E-state index is -0.219. The first-order chi connectivity index (χ1) is 6.45. The summed E-state index contributed by atoms with van der Waals surface area (Å²) in [5, 5.41) is 10.1. The van der Waals surface area contributed by atoms with Gasteiger partial charge in [0.05, 0.1) is 5.02 Å². The maximum atomic E-state index is 9.76. The molecule has 1 atom stereocenters. The lowest BCUT2D eigenvalue weighted by Crippen LogP contribution is -2.17. The van der Waals surface area contributed by atoms with Crippen molar-refractivity contribution < 1.29 is 5.11 Å². The van der Waals surface area contributed by atoms with Gasteiger partial charge in [0.15, 0.2) is 0 Å². The first-order valence-electron chi connectivity index (χ1n) is 4.37. The lowest BCUT2D eigenvalue weighted by Gasteiger charge is -2.19. The van der Waals surface area contributed by atoms with Crippen LogP contribution < -0.4 is 5.73 Å². The first-order valence-corrected chi connectivity index (χ1v) is 5.54. The predicted octanol–water partition coefficient (Wildman–Crippen LogP) is 3.46. The molecular weight excluding hydrogens is 265 g/mol. The number of benzene rings is 1. The number of phenols is 1. The van der Waals surface area contributed by atoms with Gasteiger partial charge in [-0.1, -0.05) is 41.4 Å². The fraction of sp³-hybridized carbons (Fsp3) is 0.400. The van der Waals surface area contributed by atoms with E-state index in [-0.39, 0.29) is 17.7 Å². The minimum Gasteiger partial charge on any atom is -0.506 e. The van der Waals surface area contributed by atoms with E-state index in [1.807, 2.05) is 13.8 Å². The van der Waals surface area contributed by atoms with Crippen LogP contribution >= 0.6 is 27.5 Å². The molecule has 0 aliphatic carbocycles. The van der Waals surface area contributed by atoms with Crippen molar-refractivity contribution in [1.29, 1.82) is 0 Å². The Hall–Kier alpha value is -0.250. The average Bonchev–Trinajstić information content (AvgIpc) is 2.12. The van der Waals surface area contributed by atoms with Gasteiger partial charge in [-0.15, -0.1) is 0 Å². The summed E-state index contributed by atoms with van der Waals surface area (Å²) in [7, 11) is 0. The highest BCUT2D eigenvalue weighted by Gasteiger charge is 2.19. The molecule has 0 heterocycles. The molecule has 14 heavy (non-hydrogen) atoms. The Morgan fingerprint density at radius 1 is 1.43 bits per heavy atom. The van der Waals surface area contributed by atoms with Crippen molar-refractivity contribution in [2.45, 2.75) is 19.9 Å². The van der Waals surface area contributed by atoms with Crippen LogP contribution in [0.25, 0.3) is 0 Å². The van der Waals surface area contributed by atoms with Gasteiger partial charge >= 0.3 is 0 Å². The Morgan fingerprint density at radius 3 is 2.50 bits per heavy atom. The van der Waals surface area contributed by atoms with E-state index >= 15 is 0 Å². The van der Waals surface area contributed by atoms with Gasteiger partial charge in [0.1, 0.15) is 5.75 Å². The lowest BCUT2D eigenvalue weighted by molar-refractivity contribution is 0.439. The molecule has 0 amide bonds. The molecule has 0 spiro atoms. The van der Waals surface area contributed by atoms with Crippen LogP contribution in [0.3, 0.4) is 0 Å². The Morgan fingerprint density at radius 2 is 2.00 bits per heavy atom. The minimum absolute atomic E-state index is 0.0715. The third-order valence-corrected chi connectivity index (χ3v) is 3.16. The third kappa shape index (κ3) is 2.22. The smallest absolute Gasteiger partial charge is 0.140 e. The van der Waals surface area contributed by atoms with Gasteiger partial charge < -0.3 is 10.8 Å². The molecule has 78 valence electrons. The number of phenolic OH excluding ortho intramolecular Hbond substituents is 1. The fourth-order valence-electron chi connectivity index (χ4n) is 1.21. The van der Waals surface area contributed by atoms with Crippen LogP contribution in [-0.4, -0.2) is 5.11 Å². The molecule has 0 unspecified atom stereocenters. The SMILES string of the molecule is CC(C)[C@@H](N)c1c(Br)ccc(Cl)c1O. The van der Waals surface area contributed by atoms with Crippen molar-refractivity contribution in [3.8, 4) is 5.75 Å². The van der Waals surface area contributed by atoms with Crippen LogP contribution in [0.1, 0.15) is 25.5 Å². The van der Waals surface area contributed by atoms with Crippen molar-refractivity contribution in [1.82, 2.24) is 0 Å². The molecule has 3 N–H and O–H groups in total. The maximum Gasteiger partial charge on any atom is 0.140 e. The van der Waals surface area contributed by atoms with E-state index < -0.39 is 0 Å². The van der Waals surface area contributed by atoms with Gasteiger partial charge in [0.2, 0.25) is 0 Å². The fourth-order valence-corrected chi connectivity index (χ4v) is 1.96. The average molecular weight is 279 g/mol. The molecule has 1 rings (SSSR count). The monoisotopic (exact) mass is 277 g/mol. The summed E-state index contributed by atoms with van der Waals surface area (Å²) < 4.78 is 0.792. The number of hydrogen-bond acceptors (Lipinski definition) is 2. The predicted molar refractivity (Wildman–Crippen MR) is 62.6 cm³/mol. The molecular formula is C10H13BrClNO. The largest absolute Gasteiger partial charge is 0.506 e. The third-order valence-electron chi connectivity index (χ3n) is 2.17. The van der Waals surface area contributed by atoms with E-state index in [1.54, 1.807) is 12.1 Å². The number of rotatable bonds is 2. The molecule has 4 heteroatoms. The molecule has 0 aliphatic heterocycles. The summed E-state index contributed by atoms with van der Waals surface area (Å²) in [6.45, 7) is 3.99. The van der Waals surface area contributed by atoms with Gasteiger partial charge in [-0.2, -0.15) is 0 Å². The van der Waals surface area contributed by atoms with Crippen molar-refractivity contribution in [3.05, 3.63) is 27.2 Å². The topological polar surface area (TPSA) is 46.2 Å². The zero-order valence-corrected chi connectivity index (χ0v) is 10.4. The van der Waals surface area contributed by atoms with Gasteiger partial charge in [-0.3, -0.25) is 0 Å². The Kier molecular flexibility index (Phi) is 3.81. The number of hydrogen-bond donors (Lipinski definition) is 2. The van der Waals surface area contributed by atoms with E-state index in [1.165, 1.54) is 0 Å². The summed E-state index contributed by atoms with van der Waals surface area (Å²) in [5.74, 6) is 0.318. The molecule has 0 aliphatic rings. The van der Waals surface area contributed by atoms with Crippen LogP contribution in [0, 0.1) is 5.92 Å². The summed E-state index contributed by atoms with van der Waals surface area (Å²) in [4.78, 5) is 0. The summed E-state index contributed by atoms with van der Waals surface area (Å²) in [6, 6.07) is 3.21. The summed E-state index contributed by atoms with van der Waals surface area (Å²) in [6.07, 6.45) is 0. The van der Waals surface area contributed by atoms with E-state index in [0.717, 1.165) is 4.47 Å². The Labute approximate surface area is 97.2 Å². The molecule has 0 saturated carbocycles. The molecule has 0 fully saturated rings. The van der Waals surface area contributed by atoms with Gasteiger partial charge in [0, 0.05) is 16.1 Å². The highest BCUT2D eigenvalue weighted by atomic mass is 79.9. The maximum absolute atomic E-state index is 9.76. The van der Waals surface area contributed by atoms with Crippen LogP contribution in [0.5, 0.6) is 5.75 Å². The zero-order chi connectivity index (χ0) is 10.9. The molecule has 2 nitrogen and oxygen atoms in total. The van der Waals surface area contributed by atoms with Crippen LogP contribution in [0.2, 0.25) is 5.02 Å². The van der Waals surface area contributed by atoms with Crippen molar-refractivity contribution in [2.75, 3.05) is 0 Å². The Bertz CT molecular complexity index is 341. The zero-order valence-electron chi connectivity index (χ0n) is 8.09. The lowest BCUT2D eigenvalue weighted by atomic mass is 9.96. The van der Waals surface area contributed by atoms with Gasteiger partial charge in [0.25, 0.3) is 0 Å². The van der Waals surface area contributed by atoms with E-state index in [4.69, 9.17) is 17.3 Å². The highest BCUT2D eigenvalue weighted by molar-refractivity contribution is 9.10. The molecule has 0 saturated heterocycles. The summed E-state index contributed by atoms with van der Waals surface area (Å²) >= 11 is 9.16. The van der Waals surface area contributed by atoms with Gasteiger partial charge in [-0.25, -0.2) is 0 Å². The molecule has 1 aromatic rings. The van der Waals surface area contributed by atoms with Crippen LogP contribution in [0.15, 0.2) is 16.6 Å². The van der Waals surface area contributed by atoms with E-state index in [2.05, 4.69) is 15.9 Å². The Balaban J connectivity index is 3.25. The number of aromatic hydroxyl groups is 1. The van der Waals surface area contributed by atoms with E-state index in [0.29, 0.717) is 10.6 Å². The quantitative estimate of drug-likeness (QED) is 0.870. The van der Waals surface area contributed by atoms with Crippen LogP contribution in [-0.2, 0) is 0 Å². The van der Waals surface area contributed by atoms with Crippen molar-refractivity contribution in [2.24, 2.45) is 11.7 Å². The molecule has 0 aromatic heterocycles. The van der Waals surface area contributed by atoms with Gasteiger partial charge in [-0.05, 0) is 18.1 Å². The normalized spacial score (nSPS) is 13.3. The number of halogens is 2. The van der Waals surface area contributed by atoms with E-state index in [9.17, 15) is 5.11 Å². The number of nitrogens with two attached hydrogens (primary N) is 1. The second-order valence-corrected chi connectivity index (χ2v) is 4.82. The molecule has 0 bridgehead atoms. The molecule has 0 radical (unpaired) electrons. The van der Waals surface area contributed by atoms with Crippen molar-refractivity contribution in [3.63, 3.8) is 0 Å².